The average molecular weight is 392 g/mol. The lowest BCUT2D eigenvalue weighted by Gasteiger charge is -2.13. The van der Waals surface area contributed by atoms with E-state index in [2.05, 4.69) is 15.9 Å². The van der Waals surface area contributed by atoms with Crippen LogP contribution in [-0.2, 0) is 0 Å². The van der Waals surface area contributed by atoms with Crippen LogP contribution >= 0.6 is 15.9 Å². The van der Waals surface area contributed by atoms with Crippen LogP contribution in [0.4, 0.5) is 4.39 Å². The number of benzene rings is 2. The SMILES string of the molecule is O=C1c2ccccc2C(=O)N1CCCCOc1ccc(Br)cc1F. The maximum atomic E-state index is 13.6. The molecule has 0 unspecified atom stereocenters. The summed E-state index contributed by atoms with van der Waals surface area (Å²) in [4.78, 5) is 25.6. The zero-order valence-corrected chi connectivity index (χ0v) is 14.4. The Morgan fingerprint density at radius 3 is 2.29 bits per heavy atom. The first-order chi connectivity index (χ1) is 11.6. The lowest BCUT2D eigenvalue weighted by Crippen LogP contribution is -2.30. The van der Waals surface area contributed by atoms with Gasteiger partial charge in [-0.3, -0.25) is 14.5 Å². The molecule has 124 valence electrons. The fraction of sp³-hybridized carbons (Fsp3) is 0.222. The van der Waals surface area contributed by atoms with Crippen LogP contribution in [-0.4, -0.2) is 29.9 Å². The van der Waals surface area contributed by atoms with Crippen molar-refractivity contribution in [3.63, 3.8) is 0 Å². The van der Waals surface area contributed by atoms with Gasteiger partial charge in [-0.05, 0) is 43.2 Å². The number of unbranched alkanes of at least 4 members (excludes halogenated alkanes) is 1. The molecule has 1 heterocycles. The summed E-state index contributed by atoms with van der Waals surface area (Å²) in [5.41, 5.74) is 0.909. The fourth-order valence-corrected chi connectivity index (χ4v) is 2.92. The molecule has 0 saturated carbocycles. The van der Waals surface area contributed by atoms with E-state index in [4.69, 9.17) is 4.74 Å². The van der Waals surface area contributed by atoms with Crippen molar-refractivity contribution < 1.29 is 18.7 Å². The minimum Gasteiger partial charge on any atom is -0.491 e. The molecule has 0 atom stereocenters. The van der Waals surface area contributed by atoms with Gasteiger partial charge in [0.2, 0.25) is 0 Å². The Morgan fingerprint density at radius 1 is 1.00 bits per heavy atom. The topological polar surface area (TPSA) is 46.6 Å². The fourth-order valence-electron chi connectivity index (χ4n) is 2.59. The number of imide groups is 1. The van der Waals surface area contributed by atoms with Crippen LogP contribution in [0.25, 0.3) is 0 Å². The maximum absolute atomic E-state index is 13.6. The molecule has 24 heavy (non-hydrogen) atoms. The van der Waals surface area contributed by atoms with Crippen LogP contribution in [0.3, 0.4) is 0 Å². The van der Waals surface area contributed by atoms with Crippen LogP contribution in [0.2, 0.25) is 0 Å². The third-order valence-electron chi connectivity index (χ3n) is 3.81. The zero-order chi connectivity index (χ0) is 17.1. The molecule has 0 radical (unpaired) electrons. The Kier molecular flexibility index (Phi) is 4.94. The lowest BCUT2D eigenvalue weighted by atomic mass is 10.1. The van der Waals surface area contributed by atoms with E-state index < -0.39 is 5.82 Å². The summed E-state index contributed by atoms with van der Waals surface area (Å²) >= 11 is 3.19. The number of ether oxygens (including phenoxy) is 1. The second-order valence-corrected chi connectivity index (χ2v) is 6.35. The molecule has 1 aliphatic heterocycles. The molecule has 6 heteroatoms. The van der Waals surface area contributed by atoms with Gasteiger partial charge >= 0.3 is 0 Å². The van der Waals surface area contributed by atoms with Crippen molar-refractivity contribution in [1.82, 2.24) is 4.90 Å². The average Bonchev–Trinajstić information content (AvgIpc) is 2.81. The largest absolute Gasteiger partial charge is 0.491 e. The van der Waals surface area contributed by atoms with E-state index in [0.717, 1.165) is 0 Å². The molecular weight excluding hydrogens is 377 g/mol. The molecule has 1 aliphatic rings. The number of fused-ring (bicyclic) bond motifs is 1. The third-order valence-corrected chi connectivity index (χ3v) is 4.30. The molecule has 0 aliphatic carbocycles. The van der Waals surface area contributed by atoms with Gasteiger partial charge in [0.15, 0.2) is 11.6 Å². The maximum Gasteiger partial charge on any atom is 0.261 e. The highest BCUT2D eigenvalue weighted by molar-refractivity contribution is 9.10. The minimum absolute atomic E-state index is 0.193. The van der Waals surface area contributed by atoms with Crippen LogP contribution in [0.5, 0.6) is 5.75 Å². The Balaban J connectivity index is 1.48. The van der Waals surface area contributed by atoms with Gasteiger partial charge in [-0.2, -0.15) is 0 Å². The summed E-state index contributed by atoms with van der Waals surface area (Å²) in [6.07, 6.45) is 1.21. The van der Waals surface area contributed by atoms with Crippen LogP contribution in [0.1, 0.15) is 33.6 Å². The van der Waals surface area contributed by atoms with Gasteiger partial charge in [0.05, 0.1) is 17.7 Å². The molecule has 2 amide bonds. The van der Waals surface area contributed by atoms with Crippen LogP contribution in [0, 0.1) is 5.82 Å². The Labute approximate surface area is 147 Å². The van der Waals surface area contributed by atoms with Crippen molar-refractivity contribution in [2.75, 3.05) is 13.2 Å². The summed E-state index contributed by atoms with van der Waals surface area (Å²) < 4.78 is 19.6. The van der Waals surface area contributed by atoms with Crippen molar-refractivity contribution in [2.45, 2.75) is 12.8 Å². The highest BCUT2D eigenvalue weighted by Gasteiger charge is 2.34. The smallest absolute Gasteiger partial charge is 0.261 e. The third kappa shape index (κ3) is 3.33. The minimum atomic E-state index is -0.426. The number of halogens is 2. The molecule has 0 aromatic heterocycles. The predicted octanol–water partition coefficient (Wildman–Crippen LogP) is 4.04. The summed E-state index contributed by atoms with van der Waals surface area (Å²) in [5.74, 6) is -0.741. The lowest BCUT2D eigenvalue weighted by molar-refractivity contribution is 0.0649. The van der Waals surface area contributed by atoms with Crippen molar-refractivity contribution in [3.8, 4) is 5.75 Å². The van der Waals surface area contributed by atoms with Crippen molar-refractivity contribution in [1.29, 1.82) is 0 Å². The quantitative estimate of drug-likeness (QED) is 0.551. The standard InChI is InChI=1S/C18H15BrFNO3/c19-12-7-8-16(15(20)11-12)24-10-4-3-9-21-17(22)13-5-1-2-6-14(13)18(21)23/h1-2,5-8,11H,3-4,9-10H2. The number of nitrogens with zero attached hydrogens (tertiary/aromatic N) is 1. The number of hydrogen-bond donors (Lipinski definition) is 0. The van der Waals surface area contributed by atoms with Gasteiger partial charge in [-0.15, -0.1) is 0 Å². The van der Waals surface area contributed by atoms with E-state index in [1.54, 1.807) is 36.4 Å². The van der Waals surface area contributed by atoms with Crippen molar-refractivity contribution in [3.05, 3.63) is 63.9 Å². The van der Waals surface area contributed by atoms with Gasteiger partial charge in [-0.1, -0.05) is 28.1 Å². The van der Waals surface area contributed by atoms with E-state index in [0.29, 0.717) is 41.6 Å². The van der Waals surface area contributed by atoms with Gasteiger partial charge in [0.1, 0.15) is 0 Å². The molecule has 0 N–H and O–H groups in total. The number of carbonyl (C=O) groups excluding carboxylic acids is 2. The van der Waals surface area contributed by atoms with Crippen LogP contribution in [0.15, 0.2) is 46.9 Å². The highest BCUT2D eigenvalue weighted by atomic mass is 79.9. The van der Waals surface area contributed by atoms with E-state index in [1.807, 2.05) is 0 Å². The number of rotatable bonds is 6. The number of amides is 2. The molecule has 4 nitrogen and oxygen atoms in total. The first kappa shape index (κ1) is 16.6. The second-order valence-electron chi connectivity index (χ2n) is 5.44. The van der Waals surface area contributed by atoms with E-state index >= 15 is 0 Å². The summed E-state index contributed by atoms with van der Waals surface area (Å²) in [6, 6.07) is 11.4. The first-order valence-electron chi connectivity index (χ1n) is 7.61. The predicted molar refractivity (Wildman–Crippen MR) is 90.6 cm³/mol. The Morgan fingerprint density at radius 2 is 1.67 bits per heavy atom. The Hall–Kier alpha value is -2.21. The monoisotopic (exact) mass is 391 g/mol. The first-order valence-corrected chi connectivity index (χ1v) is 8.40. The van der Waals surface area contributed by atoms with E-state index in [1.165, 1.54) is 11.0 Å². The Bertz CT molecular complexity index is 759. The molecule has 3 rings (SSSR count). The van der Waals surface area contributed by atoms with Crippen molar-refractivity contribution >= 4 is 27.7 Å². The van der Waals surface area contributed by atoms with Gasteiger partial charge in [0, 0.05) is 11.0 Å². The molecule has 0 spiro atoms. The normalized spacial score (nSPS) is 13.3. The van der Waals surface area contributed by atoms with Gasteiger partial charge in [0.25, 0.3) is 11.8 Å². The van der Waals surface area contributed by atoms with Crippen LogP contribution < -0.4 is 4.74 Å². The highest BCUT2D eigenvalue weighted by Crippen LogP contribution is 2.23. The summed E-state index contributed by atoms with van der Waals surface area (Å²) in [7, 11) is 0. The molecule has 0 saturated heterocycles. The summed E-state index contributed by atoms with van der Waals surface area (Å²) in [5, 5.41) is 0. The molecule has 0 fully saturated rings. The summed E-state index contributed by atoms with van der Waals surface area (Å²) in [6.45, 7) is 0.653. The van der Waals surface area contributed by atoms with Crippen molar-refractivity contribution in [2.24, 2.45) is 0 Å². The number of hydrogen-bond acceptors (Lipinski definition) is 3. The second kappa shape index (κ2) is 7.13. The molecule has 0 bridgehead atoms. The van der Waals surface area contributed by atoms with Gasteiger partial charge < -0.3 is 4.74 Å². The van der Waals surface area contributed by atoms with E-state index in [-0.39, 0.29) is 17.6 Å². The van der Waals surface area contributed by atoms with Gasteiger partial charge in [-0.25, -0.2) is 4.39 Å². The molecular formula is C18H15BrFNO3. The molecule has 2 aromatic carbocycles. The zero-order valence-electron chi connectivity index (χ0n) is 12.8. The van der Waals surface area contributed by atoms with E-state index in [9.17, 15) is 14.0 Å². The number of carbonyl (C=O) groups is 2. The molecule has 2 aromatic rings.